The first-order valence-corrected chi connectivity index (χ1v) is 6.57. The van der Waals surface area contributed by atoms with E-state index in [1.54, 1.807) is 18.2 Å². The molecule has 0 spiro atoms. The Bertz CT molecular complexity index is 797. The van der Waals surface area contributed by atoms with Crippen molar-refractivity contribution in [3.05, 3.63) is 63.5 Å². The minimum absolute atomic E-state index is 0.0982. The SMILES string of the molecule is O=[N+]([O-])c1ccc(OCc2cc(-c3ccco3)on2)c(Cl)c1. The molecule has 0 atom stereocenters. The fraction of sp³-hybridized carbons (Fsp3) is 0.0714. The van der Waals surface area contributed by atoms with Gasteiger partial charge in [-0.25, -0.2) is 0 Å². The number of rotatable bonds is 5. The highest BCUT2D eigenvalue weighted by molar-refractivity contribution is 6.32. The number of ether oxygens (including phenoxy) is 1. The highest BCUT2D eigenvalue weighted by Gasteiger charge is 2.12. The number of nitro benzene ring substituents is 1. The maximum atomic E-state index is 10.6. The van der Waals surface area contributed by atoms with E-state index in [0.29, 0.717) is 23.0 Å². The van der Waals surface area contributed by atoms with Gasteiger partial charge in [0.1, 0.15) is 18.1 Å². The first-order valence-electron chi connectivity index (χ1n) is 6.19. The van der Waals surface area contributed by atoms with Crippen molar-refractivity contribution < 1.29 is 18.6 Å². The van der Waals surface area contributed by atoms with Gasteiger partial charge in [-0.3, -0.25) is 10.1 Å². The maximum Gasteiger partial charge on any atom is 0.271 e. The number of non-ortho nitro benzene ring substituents is 1. The molecule has 3 rings (SSSR count). The number of hydrogen-bond acceptors (Lipinski definition) is 6. The Morgan fingerprint density at radius 2 is 2.14 bits per heavy atom. The van der Waals surface area contributed by atoms with E-state index < -0.39 is 4.92 Å². The zero-order chi connectivity index (χ0) is 15.5. The van der Waals surface area contributed by atoms with Gasteiger partial charge < -0.3 is 13.7 Å². The predicted molar refractivity (Wildman–Crippen MR) is 76.6 cm³/mol. The third-order valence-corrected chi connectivity index (χ3v) is 3.12. The van der Waals surface area contributed by atoms with Crippen LogP contribution < -0.4 is 4.74 Å². The van der Waals surface area contributed by atoms with E-state index in [9.17, 15) is 10.1 Å². The van der Waals surface area contributed by atoms with Gasteiger partial charge in [0.25, 0.3) is 5.69 Å². The van der Waals surface area contributed by atoms with Gasteiger partial charge >= 0.3 is 0 Å². The Morgan fingerprint density at radius 1 is 1.27 bits per heavy atom. The molecule has 0 saturated heterocycles. The van der Waals surface area contributed by atoms with Crippen molar-refractivity contribution in [2.24, 2.45) is 0 Å². The largest absolute Gasteiger partial charge is 0.486 e. The molecule has 0 aliphatic rings. The lowest BCUT2D eigenvalue weighted by Crippen LogP contribution is -1.96. The smallest absolute Gasteiger partial charge is 0.271 e. The van der Waals surface area contributed by atoms with Crippen molar-refractivity contribution in [3.63, 3.8) is 0 Å². The van der Waals surface area contributed by atoms with Crippen molar-refractivity contribution in [1.29, 1.82) is 0 Å². The van der Waals surface area contributed by atoms with Gasteiger partial charge in [0, 0.05) is 18.2 Å². The Morgan fingerprint density at radius 3 is 2.82 bits per heavy atom. The summed E-state index contributed by atoms with van der Waals surface area (Å²) in [5.74, 6) is 1.38. The lowest BCUT2D eigenvalue weighted by Gasteiger charge is -2.05. The van der Waals surface area contributed by atoms with Crippen LogP contribution in [-0.2, 0) is 6.61 Å². The molecule has 0 amide bonds. The number of halogens is 1. The van der Waals surface area contributed by atoms with Crippen LogP contribution in [0.15, 0.2) is 51.6 Å². The van der Waals surface area contributed by atoms with E-state index in [4.69, 9.17) is 25.3 Å². The van der Waals surface area contributed by atoms with Crippen LogP contribution >= 0.6 is 11.6 Å². The van der Waals surface area contributed by atoms with E-state index >= 15 is 0 Å². The molecule has 1 aromatic carbocycles. The van der Waals surface area contributed by atoms with Gasteiger partial charge in [0.2, 0.25) is 5.76 Å². The van der Waals surface area contributed by atoms with E-state index in [1.165, 1.54) is 24.5 Å². The van der Waals surface area contributed by atoms with Crippen molar-refractivity contribution in [1.82, 2.24) is 5.16 Å². The minimum atomic E-state index is -0.525. The van der Waals surface area contributed by atoms with Crippen LogP contribution in [0.2, 0.25) is 5.02 Å². The summed E-state index contributed by atoms with van der Waals surface area (Å²) in [7, 11) is 0. The van der Waals surface area contributed by atoms with Crippen molar-refractivity contribution >= 4 is 17.3 Å². The lowest BCUT2D eigenvalue weighted by molar-refractivity contribution is -0.384. The molecule has 0 aliphatic heterocycles. The first kappa shape index (κ1) is 14.2. The molecule has 0 aliphatic carbocycles. The number of furan rings is 1. The van der Waals surface area contributed by atoms with Gasteiger partial charge in [0.05, 0.1) is 16.2 Å². The molecular weight excluding hydrogens is 312 g/mol. The molecule has 0 fully saturated rings. The Labute approximate surface area is 129 Å². The van der Waals surface area contributed by atoms with Gasteiger partial charge in [-0.05, 0) is 18.2 Å². The van der Waals surface area contributed by atoms with Gasteiger partial charge in [-0.1, -0.05) is 16.8 Å². The molecule has 0 saturated carbocycles. The number of aromatic nitrogens is 1. The Kier molecular flexibility index (Phi) is 3.80. The van der Waals surface area contributed by atoms with Crippen molar-refractivity contribution in [2.75, 3.05) is 0 Å². The monoisotopic (exact) mass is 320 g/mol. The fourth-order valence-electron chi connectivity index (χ4n) is 1.79. The summed E-state index contributed by atoms with van der Waals surface area (Å²) in [5.41, 5.74) is 0.444. The number of benzene rings is 1. The summed E-state index contributed by atoms with van der Waals surface area (Å²) >= 11 is 5.94. The van der Waals surface area contributed by atoms with Crippen molar-refractivity contribution in [2.45, 2.75) is 6.61 Å². The second-order valence-corrected chi connectivity index (χ2v) is 4.73. The van der Waals surface area contributed by atoms with Crippen LogP contribution in [-0.4, -0.2) is 10.1 Å². The van der Waals surface area contributed by atoms with Crippen LogP contribution in [0.3, 0.4) is 0 Å². The summed E-state index contributed by atoms with van der Waals surface area (Å²) in [5, 5.41) is 14.6. The zero-order valence-corrected chi connectivity index (χ0v) is 11.8. The van der Waals surface area contributed by atoms with E-state index in [0.717, 1.165) is 0 Å². The van der Waals surface area contributed by atoms with E-state index in [1.807, 2.05) is 0 Å². The highest BCUT2D eigenvalue weighted by Crippen LogP contribution is 2.29. The summed E-state index contributed by atoms with van der Waals surface area (Å²) in [6, 6.07) is 9.15. The minimum Gasteiger partial charge on any atom is -0.486 e. The Hall–Kier alpha value is -2.80. The van der Waals surface area contributed by atoms with Crippen LogP contribution in [0.1, 0.15) is 5.69 Å². The summed E-state index contributed by atoms with van der Waals surface area (Å²) in [4.78, 5) is 10.1. The lowest BCUT2D eigenvalue weighted by atomic mass is 10.3. The molecule has 2 heterocycles. The molecule has 22 heavy (non-hydrogen) atoms. The standard InChI is InChI=1S/C14H9ClN2O5/c15-11-7-10(17(18)19)3-4-12(11)21-8-9-6-14(22-16-9)13-2-1-5-20-13/h1-7H,8H2. The second-order valence-electron chi connectivity index (χ2n) is 4.32. The van der Waals surface area contributed by atoms with Gasteiger partial charge in [0.15, 0.2) is 5.76 Å². The molecule has 0 N–H and O–H groups in total. The highest BCUT2D eigenvalue weighted by atomic mass is 35.5. The molecule has 7 nitrogen and oxygen atoms in total. The van der Waals surface area contributed by atoms with Gasteiger partial charge in [-0.15, -0.1) is 0 Å². The van der Waals surface area contributed by atoms with E-state index in [-0.39, 0.29) is 17.3 Å². The van der Waals surface area contributed by atoms with E-state index in [2.05, 4.69) is 5.16 Å². The third kappa shape index (κ3) is 2.94. The van der Waals surface area contributed by atoms with Crippen LogP contribution in [0.5, 0.6) is 5.75 Å². The van der Waals surface area contributed by atoms with Crippen LogP contribution in [0, 0.1) is 10.1 Å². The zero-order valence-electron chi connectivity index (χ0n) is 11.1. The number of hydrogen-bond donors (Lipinski definition) is 0. The molecule has 0 unspecified atom stereocenters. The molecule has 112 valence electrons. The summed E-state index contributed by atoms with van der Waals surface area (Å²) in [6.07, 6.45) is 1.53. The second kappa shape index (κ2) is 5.90. The molecule has 0 bridgehead atoms. The molecule has 8 heteroatoms. The predicted octanol–water partition coefficient (Wildman–Crippen LogP) is 4.08. The molecule has 3 aromatic rings. The number of nitro groups is 1. The molecule has 2 aromatic heterocycles. The first-order chi connectivity index (χ1) is 10.6. The average molecular weight is 321 g/mol. The summed E-state index contributed by atoms with van der Waals surface area (Å²) < 4.78 is 15.8. The van der Waals surface area contributed by atoms with Crippen LogP contribution in [0.4, 0.5) is 5.69 Å². The molecular formula is C14H9ClN2O5. The summed E-state index contributed by atoms with van der Waals surface area (Å²) in [6.45, 7) is 0.113. The Balaban J connectivity index is 1.69. The van der Waals surface area contributed by atoms with Crippen LogP contribution in [0.25, 0.3) is 11.5 Å². The normalized spacial score (nSPS) is 10.6. The van der Waals surface area contributed by atoms with Crippen molar-refractivity contribution in [3.8, 4) is 17.3 Å². The topological polar surface area (TPSA) is 91.5 Å². The third-order valence-electron chi connectivity index (χ3n) is 2.82. The maximum absolute atomic E-state index is 10.6. The average Bonchev–Trinajstić information content (AvgIpc) is 3.16. The quantitative estimate of drug-likeness (QED) is 0.519. The molecule has 0 radical (unpaired) electrons. The number of nitrogens with zero attached hydrogens (tertiary/aromatic N) is 2. The fourth-order valence-corrected chi connectivity index (χ4v) is 2.02. The van der Waals surface area contributed by atoms with Gasteiger partial charge in [-0.2, -0.15) is 0 Å².